The molecule has 18 heavy (non-hydrogen) atoms. The average molecular weight is 268 g/mol. The van der Waals surface area contributed by atoms with Gasteiger partial charge in [-0.3, -0.25) is 0 Å². The fourth-order valence-corrected chi connectivity index (χ4v) is 2.71. The minimum absolute atomic E-state index is 0.504. The third-order valence-electron chi connectivity index (χ3n) is 3.82. The summed E-state index contributed by atoms with van der Waals surface area (Å²) in [6.45, 7) is 2.38. The number of carboxylic acids is 1. The molecule has 1 saturated heterocycles. The molecule has 2 aliphatic rings. The molecule has 1 aliphatic heterocycles. The zero-order valence-corrected chi connectivity index (χ0v) is 10.1. The standard InChI is InChI=1S/C9H18N2.C2HF3O2/c10-8-2-1-3-9(8)4-6-11-7-5-9;3-2(4,5)1(6)7/h8,11H,1-7,10H2;(H,6,7). The Balaban J connectivity index is 0.000000203. The van der Waals surface area contributed by atoms with Crippen LogP contribution < -0.4 is 11.1 Å². The smallest absolute Gasteiger partial charge is 0.475 e. The van der Waals surface area contributed by atoms with Crippen LogP contribution in [-0.2, 0) is 4.79 Å². The van der Waals surface area contributed by atoms with Gasteiger partial charge < -0.3 is 16.2 Å². The van der Waals surface area contributed by atoms with Crippen LogP contribution in [0.5, 0.6) is 0 Å². The van der Waals surface area contributed by atoms with Crippen molar-refractivity contribution in [3.05, 3.63) is 0 Å². The highest BCUT2D eigenvalue weighted by molar-refractivity contribution is 5.73. The molecule has 2 rings (SSSR count). The molecule has 4 N–H and O–H groups in total. The molecule has 4 nitrogen and oxygen atoms in total. The van der Waals surface area contributed by atoms with Crippen LogP contribution in [0.3, 0.4) is 0 Å². The monoisotopic (exact) mass is 268 g/mol. The van der Waals surface area contributed by atoms with Gasteiger partial charge in [-0.05, 0) is 44.2 Å². The van der Waals surface area contributed by atoms with Gasteiger partial charge in [0.15, 0.2) is 0 Å². The number of hydrogen-bond donors (Lipinski definition) is 3. The maximum atomic E-state index is 10.6. The molecule has 7 heteroatoms. The van der Waals surface area contributed by atoms with E-state index in [1.807, 2.05) is 0 Å². The summed E-state index contributed by atoms with van der Waals surface area (Å²) in [5.41, 5.74) is 6.66. The number of nitrogens with one attached hydrogen (secondary N) is 1. The zero-order valence-electron chi connectivity index (χ0n) is 10.1. The number of piperidine rings is 1. The molecule has 2 fully saturated rings. The fourth-order valence-electron chi connectivity index (χ4n) is 2.71. The van der Waals surface area contributed by atoms with Crippen LogP contribution in [0.15, 0.2) is 0 Å². The maximum Gasteiger partial charge on any atom is 0.490 e. The van der Waals surface area contributed by atoms with Crippen LogP contribution in [-0.4, -0.2) is 36.4 Å². The number of carbonyl (C=O) groups is 1. The lowest BCUT2D eigenvalue weighted by atomic mass is 9.75. The number of halogens is 3. The SMILES string of the molecule is NC1CCCC12CCNCC2.O=C(O)C(F)(F)F. The second-order valence-corrected chi connectivity index (χ2v) is 4.91. The summed E-state index contributed by atoms with van der Waals surface area (Å²) in [5, 5.41) is 10.5. The molecule has 1 saturated carbocycles. The van der Waals surface area contributed by atoms with Gasteiger partial charge >= 0.3 is 12.1 Å². The quantitative estimate of drug-likeness (QED) is 0.622. The predicted molar refractivity (Wildman–Crippen MR) is 60.1 cm³/mol. The van der Waals surface area contributed by atoms with E-state index in [1.165, 1.54) is 45.2 Å². The van der Waals surface area contributed by atoms with Crippen molar-refractivity contribution in [1.29, 1.82) is 0 Å². The molecule has 1 aliphatic carbocycles. The molecule has 1 spiro atoms. The van der Waals surface area contributed by atoms with Crippen LogP contribution in [0.1, 0.15) is 32.1 Å². The Hall–Kier alpha value is -0.820. The first-order chi connectivity index (χ1) is 8.28. The van der Waals surface area contributed by atoms with Crippen molar-refractivity contribution >= 4 is 5.97 Å². The van der Waals surface area contributed by atoms with Crippen LogP contribution in [0.4, 0.5) is 13.2 Å². The average Bonchev–Trinajstić information content (AvgIpc) is 2.61. The van der Waals surface area contributed by atoms with Gasteiger partial charge in [0.2, 0.25) is 0 Å². The lowest BCUT2D eigenvalue weighted by Gasteiger charge is -2.37. The molecule has 0 amide bonds. The maximum absolute atomic E-state index is 10.6. The highest BCUT2D eigenvalue weighted by Crippen LogP contribution is 2.43. The van der Waals surface area contributed by atoms with Crippen LogP contribution in [0.2, 0.25) is 0 Å². The Labute approximate surface area is 104 Å². The van der Waals surface area contributed by atoms with Crippen molar-refractivity contribution in [1.82, 2.24) is 5.32 Å². The first-order valence-electron chi connectivity index (χ1n) is 6.04. The lowest BCUT2D eigenvalue weighted by molar-refractivity contribution is -0.192. The van der Waals surface area contributed by atoms with Crippen molar-refractivity contribution in [2.24, 2.45) is 11.1 Å². The largest absolute Gasteiger partial charge is 0.490 e. The van der Waals surface area contributed by atoms with Gasteiger partial charge in [-0.15, -0.1) is 0 Å². The van der Waals surface area contributed by atoms with E-state index in [2.05, 4.69) is 5.32 Å². The molecule has 1 atom stereocenters. The second-order valence-electron chi connectivity index (χ2n) is 4.91. The number of aliphatic carboxylic acids is 1. The third-order valence-corrected chi connectivity index (χ3v) is 3.82. The Morgan fingerprint density at radius 2 is 1.78 bits per heavy atom. The normalized spacial score (nSPS) is 26.6. The first-order valence-corrected chi connectivity index (χ1v) is 6.04. The van der Waals surface area contributed by atoms with E-state index in [9.17, 15) is 13.2 Å². The molecule has 106 valence electrons. The van der Waals surface area contributed by atoms with Gasteiger partial charge in [-0.1, -0.05) is 6.42 Å². The van der Waals surface area contributed by atoms with Crippen LogP contribution in [0.25, 0.3) is 0 Å². The summed E-state index contributed by atoms with van der Waals surface area (Å²) >= 11 is 0. The van der Waals surface area contributed by atoms with Gasteiger partial charge in [0.05, 0.1) is 0 Å². The number of rotatable bonds is 0. The lowest BCUT2D eigenvalue weighted by Crippen LogP contribution is -2.45. The van der Waals surface area contributed by atoms with Crippen molar-refractivity contribution in [3.63, 3.8) is 0 Å². The molecule has 1 unspecified atom stereocenters. The highest BCUT2D eigenvalue weighted by atomic mass is 19.4. The number of hydrogen-bond acceptors (Lipinski definition) is 3. The Morgan fingerprint density at radius 3 is 2.11 bits per heavy atom. The summed E-state index contributed by atoms with van der Waals surface area (Å²) < 4.78 is 31.7. The number of nitrogens with two attached hydrogens (primary N) is 1. The Kier molecular flexibility index (Phi) is 4.98. The topological polar surface area (TPSA) is 75.3 Å². The zero-order chi connectivity index (χ0) is 13.8. The van der Waals surface area contributed by atoms with E-state index in [-0.39, 0.29) is 0 Å². The molecule has 0 radical (unpaired) electrons. The van der Waals surface area contributed by atoms with E-state index in [0.717, 1.165) is 0 Å². The molecule has 1 heterocycles. The summed E-state index contributed by atoms with van der Waals surface area (Å²) in [6, 6.07) is 0.504. The van der Waals surface area contributed by atoms with E-state index in [4.69, 9.17) is 15.6 Å². The minimum atomic E-state index is -5.08. The van der Waals surface area contributed by atoms with E-state index in [1.54, 1.807) is 0 Å². The van der Waals surface area contributed by atoms with Crippen molar-refractivity contribution in [2.75, 3.05) is 13.1 Å². The third kappa shape index (κ3) is 3.84. The van der Waals surface area contributed by atoms with Crippen molar-refractivity contribution in [2.45, 2.75) is 44.3 Å². The molecule has 0 aromatic rings. The summed E-state index contributed by atoms with van der Waals surface area (Å²) in [7, 11) is 0. The van der Waals surface area contributed by atoms with Gasteiger partial charge in [-0.2, -0.15) is 13.2 Å². The van der Waals surface area contributed by atoms with Crippen molar-refractivity contribution in [3.8, 4) is 0 Å². The molecule has 0 bridgehead atoms. The van der Waals surface area contributed by atoms with Gasteiger partial charge in [0.1, 0.15) is 0 Å². The number of carboxylic acid groups (broad SMARTS) is 1. The molecule has 0 aromatic heterocycles. The summed E-state index contributed by atoms with van der Waals surface area (Å²) in [6.07, 6.45) is 1.55. The summed E-state index contributed by atoms with van der Waals surface area (Å²) in [4.78, 5) is 8.90. The molecular weight excluding hydrogens is 249 g/mol. The van der Waals surface area contributed by atoms with E-state index < -0.39 is 12.1 Å². The van der Waals surface area contributed by atoms with E-state index in [0.29, 0.717) is 11.5 Å². The predicted octanol–water partition coefficient (Wildman–Crippen LogP) is 1.50. The first kappa shape index (κ1) is 15.2. The van der Waals surface area contributed by atoms with E-state index >= 15 is 0 Å². The fraction of sp³-hybridized carbons (Fsp3) is 0.909. The molecule has 0 aromatic carbocycles. The number of alkyl halides is 3. The Bertz CT molecular complexity index is 289. The minimum Gasteiger partial charge on any atom is -0.475 e. The molecular formula is C11H19F3N2O2. The highest BCUT2D eigenvalue weighted by Gasteiger charge is 2.41. The summed E-state index contributed by atoms with van der Waals surface area (Å²) in [5.74, 6) is -2.76. The Morgan fingerprint density at radius 1 is 1.28 bits per heavy atom. The van der Waals surface area contributed by atoms with Gasteiger partial charge in [-0.25, -0.2) is 4.79 Å². The van der Waals surface area contributed by atoms with Crippen LogP contribution in [0, 0.1) is 5.41 Å². The van der Waals surface area contributed by atoms with Crippen LogP contribution >= 0.6 is 0 Å². The second kappa shape index (κ2) is 5.88. The van der Waals surface area contributed by atoms with Gasteiger partial charge in [0, 0.05) is 6.04 Å². The van der Waals surface area contributed by atoms with Gasteiger partial charge in [0.25, 0.3) is 0 Å². The van der Waals surface area contributed by atoms with Crippen molar-refractivity contribution < 1.29 is 23.1 Å².